The summed E-state index contributed by atoms with van der Waals surface area (Å²) in [6.45, 7) is 0. The van der Waals surface area contributed by atoms with Crippen molar-refractivity contribution in [3.63, 3.8) is 0 Å². The van der Waals surface area contributed by atoms with Crippen molar-refractivity contribution in [2.45, 2.75) is 9.79 Å². The van der Waals surface area contributed by atoms with Crippen molar-refractivity contribution >= 4 is 159 Å². The third kappa shape index (κ3) is 9.34. The van der Waals surface area contributed by atoms with Gasteiger partial charge in [0.05, 0.1) is 39.9 Å². The Balaban J connectivity index is 0.000000280. The second-order valence-electron chi connectivity index (χ2n) is 7.64. The Hall–Kier alpha value is 0.660. The average Bonchev–Trinajstić information content (AvgIpc) is 2.85. The maximum atomic E-state index is 11.2. The zero-order valence-electron chi connectivity index (χ0n) is 19.8. The number of rotatable bonds is 4. The first-order valence-corrected chi connectivity index (χ1v) is 16.9. The predicted molar refractivity (Wildman–Crippen MR) is 171 cm³/mol. The zero-order valence-corrected chi connectivity index (χ0v) is 31.3. The molecule has 0 saturated heterocycles. The van der Waals surface area contributed by atoms with Gasteiger partial charge in [0.1, 0.15) is 20.2 Å². The SMILES string of the molecule is O=S(=O)([O-])c1cc(Cl)c(Cl)c(-c2ccc(Br)cc2)c1Cl.O=S(=O)([O-])c1cc(Cl)c(Cl)c(-c2ccc(Br)cc2)c1Cl.[Ca+2]. The molecule has 0 aliphatic heterocycles. The van der Waals surface area contributed by atoms with E-state index >= 15 is 0 Å². The summed E-state index contributed by atoms with van der Waals surface area (Å²) < 4.78 is 68.9. The maximum absolute atomic E-state index is 11.2. The van der Waals surface area contributed by atoms with Crippen molar-refractivity contribution in [2.24, 2.45) is 0 Å². The Morgan fingerprint density at radius 3 is 1.02 bits per heavy atom. The summed E-state index contributed by atoms with van der Waals surface area (Å²) in [6.07, 6.45) is 0. The molecule has 0 N–H and O–H groups in total. The largest absolute Gasteiger partial charge is 2.00 e. The molecule has 0 saturated carbocycles. The molecule has 4 aromatic carbocycles. The van der Waals surface area contributed by atoms with E-state index in [0.717, 1.165) is 21.1 Å². The van der Waals surface area contributed by atoms with Gasteiger partial charge in [0.2, 0.25) is 0 Å². The van der Waals surface area contributed by atoms with Crippen LogP contribution in [0.5, 0.6) is 0 Å². The zero-order chi connectivity index (χ0) is 30.2. The molecule has 0 amide bonds. The van der Waals surface area contributed by atoms with Crippen molar-refractivity contribution in [2.75, 3.05) is 0 Å². The van der Waals surface area contributed by atoms with Crippen molar-refractivity contribution in [1.29, 1.82) is 0 Å². The molecule has 0 radical (unpaired) electrons. The van der Waals surface area contributed by atoms with Gasteiger partial charge in [0.15, 0.2) is 0 Å². The summed E-state index contributed by atoms with van der Waals surface area (Å²) in [5.74, 6) is 0. The van der Waals surface area contributed by atoms with E-state index in [1.165, 1.54) is 0 Å². The fourth-order valence-corrected chi connectivity index (χ4v) is 7.19. The summed E-state index contributed by atoms with van der Waals surface area (Å²) in [5.41, 5.74) is 1.52. The average molecular weight is 871 g/mol. The summed E-state index contributed by atoms with van der Waals surface area (Å²) in [5, 5.41) is -0.405. The number of hydrogen-bond acceptors (Lipinski definition) is 6. The molecule has 0 aromatic heterocycles. The van der Waals surface area contributed by atoms with Crippen LogP contribution in [0.2, 0.25) is 30.1 Å². The van der Waals surface area contributed by atoms with Gasteiger partial charge in [-0.25, -0.2) is 16.8 Å². The first-order valence-electron chi connectivity index (χ1n) is 10.2. The van der Waals surface area contributed by atoms with Gasteiger partial charge >= 0.3 is 37.7 Å². The van der Waals surface area contributed by atoms with Gasteiger partial charge in [-0.15, -0.1) is 0 Å². The van der Waals surface area contributed by atoms with Crippen LogP contribution in [0.1, 0.15) is 0 Å². The molecular formula is C24H10Br2CaCl6O6S2. The van der Waals surface area contributed by atoms with E-state index in [0.29, 0.717) is 11.1 Å². The van der Waals surface area contributed by atoms with Crippen molar-refractivity contribution < 1.29 is 25.9 Å². The Labute approximate surface area is 313 Å². The van der Waals surface area contributed by atoms with E-state index in [1.54, 1.807) is 48.5 Å². The van der Waals surface area contributed by atoms with Crippen LogP contribution in [0.15, 0.2) is 79.4 Å². The molecule has 41 heavy (non-hydrogen) atoms. The molecular weight excluding hydrogens is 861 g/mol. The van der Waals surface area contributed by atoms with Crippen molar-refractivity contribution in [3.8, 4) is 22.3 Å². The first-order chi connectivity index (χ1) is 18.4. The fourth-order valence-electron chi connectivity index (χ4n) is 3.27. The van der Waals surface area contributed by atoms with Crippen LogP contribution >= 0.6 is 101 Å². The molecule has 17 heteroatoms. The van der Waals surface area contributed by atoms with E-state index in [4.69, 9.17) is 69.6 Å². The second kappa shape index (κ2) is 15.3. The van der Waals surface area contributed by atoms with Crippen LogP contribution in [-0.4, -0.2) is 63.7 Å². The van der Waals surface area contributed by atoms with Crippen LogP contribution < -0.4 is 0 Å². The van der Waals surface area contributed by atoms with Gasteiger partial charge in [0.25, 0.3) is 0 Å². The molecule has 0 unspecified atom stereocenters. The van der Waals surface area contributed by atoms with Gasteiger partial charge in [0, 0.05) is 20.1 Å². The summed E-state index contributed by atoms with van der Waals surface area (Å²) in [4.78, 5) is -1.18. The Morgan fingerprint density at radius 1 is 0.512 bits per heavy atom. The van der Waals surface area contributed by atoms with Gasteiger partial charge in [-0.1, -0.05) is 126 Å². The molecule has 4 rings (SSSR count). The molecule has 6 nitrogen and oxygen atoms in total. The monoisotopic (exact) mass is 866 g/mol. The van der Waals surface area contributed by atoms with Crippen LogP contribution in [0.25, 0.3) is 22.3 Å². The third-order valence-electron chi connectivity index (χ3n) is 5.05. The van der Waals surface area contributed by atoms with Crippen LogP contribution in [0, 0.1) is 0 Å². The minimum Gasteiger partial charge on any atom is -0.744 e. The van der Waals surface area contributed by atoms with E-state index in [-0.39, 0.29) is 79.0 Å². The van der Waals surface area contributed by atoms with Crippen molar-refractivity contribution in [1.82, 2.24) is 0 Å². The topological polar surface area (TPSA) is 114 Å². The minimum atomic E-state index is -4.75. The standard InChI is InChI=1S/2C12H6BrCl3O3S.Ca/c2*13-7-3-1-6(2-4-7)10-11(15)8(14)5-9(12(10)16)20(17,18)19;/h2*1-5H,(H,17,18,19);/q;;+2/p-2. The smallest absolute Gasteiger partial charge is 0.744 e. The van der Waals surface area contributed by atoms with E-state index in [9.17, 15) is 25.9 Å². The minimum absolute atomic E-state index is 0. The molecule has 0 atom stereocenters. The Bertz CT molecular complexity index is 1690. The second-order valence-corrected chi connectivity index (χ2v) is 14.5. The molecule has 4 aromatic rings. The van der Waals surface area contributed by atoms with Gasteiger partial charge in [-0.05, 0) is 47.5 Å². The van der Waals surface area contributed by atoms with Crippen molar-refractivity contribution in [3.05, 3.63) is 99.7 Å². The number of benzene rings is 4. The van der Waals surface area contributed by atoms with E-state index in [1.807, 2.05) is 0 Å². The van der Waals surface area contributed by atoms with E-state index < -0.39 is 30.0 Å². The molecule has 0 spiro atoms. The molecule has 212 valence electrons. The Morgan fingerprint density at radius 2 is 0.780 bits per heavy atom. The maximum Gasteiger partial charge on any atom is 2.00 e. The fraction of sp³-hybridized carbons (Fsp3) is 0. The van der Waals surface area contributed by atoms with Crippen LogP contribution in [-0.2, 0) is 20.2 Å². The number of halogens is 8. The summed E-state index contributed by atoms with van der Waals surface area (Å²) >= 11 is 42.5. The van der Waals surface area contributed by atoms with Crippen LogP contribution in [0.3, 0.4) is 0 Å². The Kier molecular flexibility index (Phi) is 14.1. The van der Waals surface area contributed by atoms with Gasteiger partial charge in [-0.3, -0.25) is 0 Å². The van der Waals surface area contributed by atoms with Gasteiger partial charge in [-0.2, -0.15) is 0 Å². The molecule has 0 bridgehead atoms. The molecule has 0 fully saturated rings. The molecule has 0 heterocycles. The summed E-state index contributed by atoms with van der Waals surface area (Å²) in [6, 6.07) is 15.5. The van der Waals surface area contributed by atoms with Crippen LogP contribution in [0.4, 0.5) is 0 Å². The third-order valence-corrected chi connectivity index (χ3v) is 10.4. The summed E-state index contributed by atoms with van der Waals surface area (Å²) in [7, 11) is -9.49. The predicted octanol–water partition coefficient (Wildman–Crippen LogP) is 9.58. The quantitative estimate of drug-likeness (QED) is 0.115. The molecule has 0 aliphatic rings. The normalized spacial score (nSPS) is 11.4. The number of hydrogen-bond donors (Lipinski definition) is 0. The van der Waals surface area contributed by atoms with E-state index in [2.05, 4.69) is 31.9 Å². The van der Waals surface area contributed by atoms with Gasteiger partial charge < -0.3 is 9.11 Å². The first kappa shape index (κ1) is 37.8. The molecule has 0 aliphatic carbocycles.